The van der Waals surface area contributed by atoms with Crippen molar-refractivity contribution in [2.45, 2.75) is 12.8 Å². The molecule has 98 valence electrons. The Bertz CT molecular complexity index is 433. The minimum Gasteiger partial charge on any atom is -0.393 e. The van der Waals surface area contributed by atoms with Gasteiger partial charge in [-0.3, -0.25) is 10.1 Å². The summed E-state index contributed by atoms with van der Waals surface area (Å²) in [6.07, 6.45) is 2.52. The van der Waals surface area contributed by atoms with Gasteiger partial charge in [0.2, 0.25) is 0 Å². The second kappa shape index (κ2) is 5.68. The van der Waals surface area contributed by atoms with E-state index in [1.165, 1.54) is 18.9 Å². The zero-order valence-corrected chi connectivity index (χ0v) is 10.1. The van der Waals surface area contributed by atoms with Crippen LogP contribution in [0, 0.1) is 16.0 Å². The Labute approximate surface area is 105 Å². The quantitative estimate of drug-likeness (QED) is 0.335. The third kappa shape index (κ3) is 3.33. The molecule has 18 heavy (non-hydrogen) atoms. The predicted octanol–water partition coefficient (Wildman–Crippen LogP) is 2.02. The Hall–Kier alpha value is -1.82. The van der Waals surface area contributed by atoms with E-state index >= 15 is 0 Å². The first-order chi connectivity index (χ1) is 8.68. The van der Waals surface area contributed by atoms with Gasteiger partial charge in [0.1, 0.15) is 11.4 Å². The maximum absolute atomic E-state index is 10.9. The van der Waals surface area contributed by atoms with Crippen LogP contribution in [0.25, 0.3) is 0 Å². The van der Waals surface area contributed by atoms with E-state index in [1.807, 2.05) is 0 Å². The molecular formula is C12H17N3O3. The van der Waals surface area contributed by atoms with Crippen LogP contribution in [0.2, 0.25) is 0 Å². The highest BCUT2D eigenvalue weighted by atomic mass is 16.6. The van der Waals surface area contributed by atoms with Gasteiger partial charge in [0.05, 0.1) is 11.5 Å². The summed E-state index contributed by atoms with van der Waals surface area (Å²) in [7, 11) is 0. The number of anilines is 2. The van der Waals surface area contributed by atoms with Crippen LogP contribution in [-0.2, 0) is 4.74 Å². The second-order valence-electron chi connectivity index (χ2n) is 4.45. The Balaban J connectivity index is 1.83. The van der Waals surface area contributed by atoms with Crippen molar-refractivity contribution in [3.63, 3.8) is 0 Å². The number of nitro groups is 1. The van der Waals surface area contributed by atoms with Crippen molar-refractivity contribution in [1.29, 1.82) is 0 Å². The topological polar surface area (TPSA) is 90.4 Å². The van der Waals surface area contributed by atoms with Crippen molar-refractivity contribution in [2.24, 2.45) is 5.92 Å². The summed E-state index contributed by atoms with van der Waals surface area (Å²) >= 11 is 0. The standard InChI is InChI=1S/C12H17N3O3/c13-10-2-1-3-11(12(10)15(16)17)14-6-7-18-8-9-4-5-9/h1-3,9,14H,4-8,13H2. The summed E-state index contributed by atoms with van der Waals surface area (Å²) in [6.45, 7) is 1.88. The molecule has 6 nitrogen and oxygen atoms in total. The molecule has 1 aliphatic carbocycles. The number of nitrogens with zero attached hydrogens (tertiary/aromatic N) is 1. The highest BCUT2D eigenvalue weighted by Gasteiger charge is 2.21. The molecule has 1 aliphatic rings. The minimum atomic E-state index is -0.470. The SMILES string of the molecule is Nc1cccc(NCCOCC2CC2)c1[N+](=O)[O-]. The molecule has 1 saturated carbocycles. The molecule has 1 aromatic rings. The maximum Gasteiger partial charge on any atom is 0.314 e. The zero-order chi connectivity index (χ0) is 13.0. The summed E-state index contributed by atoms with van der Waals surface area (Å²) in [5, 5.41) is 13.9. The smallest absolute Gasteiger partial charge is 0.314 e. The lowest BCUT2D eigenvalue weighted by atomic mass is 10.2. The molecule has 1 aromatic carbocycles. The largest absolute Gasteiger partial charge is 0.393 e. The molecule has 0 aliphatic heterocycles. The summed E-state index contributed by atoms with van der Waals surface area (Å²) in [4.78, 5) is 10.4. The molecule has 0 unspecified atom stereocenters. The van der Waals surface area contributed by atoms with Gasteiger partial charge < -0.3 is 15.8 Å². The molecule has 1 fully saturated rings. The van der Waals surface area contributed by atoms with Crippen LogP contribution in [0.4, 0.5) is 17.1 Å². The molecule has 0 spiro atoms. The van der Waals surface area contributed by atoms with Gasteiger partial charge in [-0.15, -0.1) is 0 Å². The fourth-order valence-corrected chi connectivity index (χ4v) is 1.70. The number of nitrogens with one attached hydrogen (secondary N) is 1. The van der Waals surface area contributed by atoms with Crippen LogP contribution in [0.3, 0.4) is 0 Å². The number of nitrogen functional groups attached to an aromatic ring is 1. The molecule has 3 N–H and O–H groups in total. The van der Waals surface area contributed by atoms with E-state index in [2.05, 4.69) is 5.32 Å². The van der Waals surface area contributed by atoms with E-state index in [0.717, 1.165) is 12.5 Å². The number of benzene rings is 1. The normalized spacial score (nSPS) is 14.4. The monoisotopic (exact) mass is 251 g/mol. The molecule has 0 saturated heterocycles. The number of nitrogens with two attached hydrogens (primary N) is 1. The van der Waals surface area contributed by atoms with E-state index in [-0.39, 0.29) is 11.4 Å². The van der Waals surface area contributed by atoms with Crippen LogP contribution >= 0.6 is 0 Å². The average molecular weight is 251 g/mol. The van der Waals surface area contributed by atoms with Crippen LogP contribution in [0.5, 0.6) is 0 Å². The lowest BCUT2D eigenvalue weighted by Crippen LogP contribution is -2.12. The Morgan fingerprint density at radius 2 is 2.28 bits per heavy atom. The zero-order valence-electron chi connectivity index (χ0n) is 10.1. The minimum absolute atomic E-state index is 0.0697. The Kier molecular flexibility index (Phi) is 3.99. The molecule has 0 aromatic heterocycles. The average Bonchev–Trinajstić information content (AvgIpc) is 3.12. The van der Waals surface area contributed by atoms with Gasteiger partial charge in [-0.1, -0.05) is 6.07 Å². The Morgan fingerprint density at radius 3 is 2.94 bits per heavy atom. The van der Waals surface area contributed by atoms with Gasteiger partial charge in [0.25, 0.3) is 0 Å². The Morgan fingerprint density at radius 1 is 1.50 bits per heavy atom. The summed E-state index contributed by atoms with van der Waals surface area (Å²) in [5.41, 5.74) is 6.13. The molecular weight excluding hydrogens is 234 g/mol. The molecule has 0 radical (unpaired) electrons. The van der Waals surface area contributed by atoms with Crippen molar-refractivity contribution in [3.05, 3.63) is 28.3 Å². The number of ether oxygens (including phenoxy) is 1. The number of hydrogen-bond acceptors (Lipinski definition) is 5. The second-order valence-corrected chi connectivity index (χ2v) is 4.45. The summed E-state index contributed by atoms with van der Waals surface area (Å²) in [5.74, 6) is 0.728. The van der Waals surface area contributed by atoms with Crippen molar-refractivity contribution in [2.75, 3.05) is 30.8 Å². The van der Waals surface area contributed by atoms with E-state index in [0.29, 0.717) is 18.8 Å². The van der Waals surface area contributed by atoms with E-state index in [1.54, 1.807) is 12.1 Å². The van der Waals surface area contributed by atoms with Crippen molar-refractivity contribution in [1.82, 2.24) is 0 Å². The fraction of sp³-hybridized carbons (Fsp3) is 0.500. The summed E-state index contributed by atoms with van der Waals surface area (Å²) in [6, 6.07) is 4.86. The van der Waals surface area contributed by atoms with Crippen molar-refractivity contribution in [3.8, 4) is 0 Å². The van der Waals surface area contributed by atoms with Crippen LogP contribution in [0.15, 0.2) is 18.2 Å². The van der Waals surface area contributed by atoms with Crippen molar-refractivity contribution >= 4 is 17.1 Å². The van der Waals surface area contributed by atoms with Gasteiger partial charge in [-0.2, -0.15) is 0 Å². The van der Waals surface area contributed by atoms with Crippen LogP contribution in [-0.4, -0.2) is 24.7 Å². The lowest BCUT2D eigenvalue weighted by Gasteiger charge is -2.08. The van der Waals surface area contributed by atoms with Gasteiger partial charge in [-0.25, -0.2) is 0 Å². The van der Waals surface area contributed by atoms with Crippen LogP contribution in [0.1, 0.15) is 12.8 Å². The van der Waals surface area contributed by atoms with Crippen molar-refractivity contribution < 1.29 is 9.66 Å². The predicted molar refractivity (Wildman–Crippen MR) is 69.5 cm³/mol. The van der Waals surface area contributed by atoms with Gasteiger partial charge in [0, 0.05) is 13.2 Å². The molecule has 0 bridgehead atoms. The van der Waals surface area contributed by atoms with E-state index < -0.39 is 4.92 Å². The van der Waals surface area contributed by atoms with Gasteiger partial charge in [0.15, 0.2) is 0 Å². The highest BCUT2D eigenvalue weighted by Crippen LogP contribution is 2.30. The molecule has 6 heteroatoms. The first-order valence-electron chi connectivity index (χ1n) is 6.03. The molecule has 2 rings (SSSR count). The summed E-state index contributed by atoms with van der Waals surface area (Å²) < 4.78 is 5.45. The third-order valence-corrected chi connectivity index (χ3v) is 2.86. The fourth-order valence-electron chi connectivity index (χ4n) is 1.70. The highest BCUT2D eigenvalue weighted by molar-refractivity contribution is 5.74. The van der Waals surface area contributed by atoms with Crippen LogP contribution < -0.4 is 11.1 Å². The maximum atomic E-state index is 10.9. The van der Waals surface area contributed by atoms with Gasteiger partial charge in [-0.05, 0) is 30.9 Å². The first kappa shape index (κ1) is 12.6. The number of rotatable bonds is 7. The van der Waals surface area contributed by atoms with Gasteiger partial charge >= 0.3 is 5.69 Å². The lowest BCUT2D eigenvalue weighted by molar-refractivity contribution is -0.383. The third-order valence-electron chi connectivity index (χ3n) is 2.86. The number of nitro benzene ring substituents is 1. The molecule has 0 atom stereocenters. The van der Waals surface area contributed by atoms with E-state index in [9.17, 15) is 10.1 Å². The number of hydrogen-bond donors (Lipinski definition) is 2. The first-order valence-corrected chi connectivity index (χ1v) is 6.03. The number of para-hydroxylation sites is 1. The molecule has 0 heterocycles. The molecule has 0 amide bonds. The van der Waals surface area contributed by atoms with E-state index in [4.69, 9.17) is 10.5 Å².